The lowest BCUT2D eigenvalue weighted by Crippen LogP contribution is -2.22. The van der Waals surface area contributed by atoms with Gasteiger partial charge in [0.2, 0.25) is 0 Å². The summed E-state index contributed by atoms with van der Waals surface area (Å²) < 4.78 is 35.0. The average molecular weight is 687 g/mol. The van der Waals surface area contributed by atoms with E-state index in [0.717, 1.165) is 77.4 Å². The van der Waals surface area contributed by atoms with Gasteiger partial charge in [0.15, 0.2) is 0 Å². The van der Waals surface area contributed by atoms with Crippen LogP contribution in [0.15, 0.2) is 102 Å². The zero-order valence-corrected chi connectivity index (χ0v) is 31.7. The molecule has 0 aliphatic rings. The third-order valence-corrected chi connectivity index (χ3v) is 10.5. The molecule has 0 fully saturated rings. The third-order valence-electron chi connectivity index (χ3n) is 10.5. The van der Waals surface area contributed by atoms with Crippen LogP contribution in [-0.4, -0.2) is 14.5 Å². The Bertz CT molecular complexity index is 2730. The third kappa shape index (κ3) is 5.51. The van der Waals surface area contributed by atoms with Gasteiger partial charge in [-0.3, -0.25) is 4.98 Å². The van der Waals surface area contributed by atoms with Gasteiger partial charge in [-0.25, -0.2) is 4.98 Å². The molecule has 3 heterocycles. The molecule has 0 bridgehead atoms. The van der Waals surface area contributed by atoms with Crippen LogP contribution in [-0.2, 0) is 5.54 Å². The molecule has 0 unspecified atom stereocenters. The van der Waals surface area contributed by atoms with E-state index in [0.29, 0.717) is 17.2 Å². The standard InChI is InChI=1S/C48H49N3O/c1-27(2)33-22-36(28(3)4)44(37(23-33)29(5)6)38-24-42(49-26-30(38)7)35-18-14-17-34-40-21-32-19-20-41-45(39(32)25-43(40)52-46(34)35)51(48(8,9)10)47(50-41)31-15-12-11-13-16-31/h11-29H,1-10H3/i7D3. The van der Waals surface area contributed by atoms with Gasteiger partial charge >= 0.3 is 0 Å². The molecule has 0 saturated carbocycles. The van der Waals surface area contributed by atoms with Gasteiger partial charge in [0.25, 0.3) is 0 Å². The fourth-order valence-corrected chi connectivity index (χ4v) is 7.90. The van der Waals surface area contributed by atoms with Gasteiger partial charge in [0.1, 0.15) is 17.0 Å². The van der Waals surface area contributed by atoms with Gasteiger partial charge in [-0.05, 0) is 114 Å². The molecular weight excluding hydrogens is 635 g/mol. The first-order chi connectivity index (χ1) is 26.0. The summed E-state index contributed by atoms with van der Waals surface area (Å²) in [6, 6.07) is 31.7. The zero-order valence-electron chi connectivity index (χ0n) is 34.7. The number of nitrogens with zero attached hydrogens (tertiary/aromatic N) is 3. The maximum Gasteiger partial charge on any atom is 0.144 e. The van der Waals surface area contributed by atoms with Crippen LogP contribution in [0.1, 0.15) is 106 Å². The molecule has 3 aromatic heterocycles. The normalized spacial score (nSPS) is 13.7. The number of pyridine rings is 1. The van der Waals surface area contributed by atoms with Crippen molar-refractivity contribution < 1.29 is 8.53 Å². The van der Waals surface area contributed by atoms with Crippen LogP contribution in [0, 0.1) is 6.85 Å². The summed E-state index contributed by atoms with van der Waals surface area (Å²) in [6.07, 6.45) is 1.56. The molecule has 4 nitrogen and oxygen atoms in total. The fourth-order valence-electron chi connectivity index (χ4n) is 7.90. The Hall–Kier alpha value is -5.22. The number of aryl methyl sites for hydroxylation is 1. The van der Waals surface area contributed by atoms with Crippen molar-refractivity contribution in [1.29, 1.82) is 0 Å². The Morgan fingerprint density at radius 1 is 0.712 bits per heavy atom. The Morgan fingerprint density at radius 2 is 1.44 bits per heavy atom. The second kappa shape index (κ2) is 12.5. The van der Waals surface area contributed by atoms with E-state index in [1.54, 1.807) is 6.20 Å². The molecule has 0 N–H and O–H groups in total. The predicted molar refractivity (Wildman–Crippen MR) is 221 cm³/mol. The van der Waals surface area contributed by atoms with Crippen molar-refractivity contribution >= 4 is 43.7 Å². The van der Waals surface area contributed by atoms with Gasteiger partial charge in [0, 0.05) is 43.1 Å². The van der Waals surface area contributed by atoms with Crippen molar-refractivity contribution in [1.82, 2.24) is 14.5 Å². The number of fused-ring (bicyclic) bond motifs is 6. The molecule has 0 aliphatic carbocycles. The van der Waals surface area contributed by atoms with Gasteiger partial charge in [-0.1, -0.05) is 102 Å². The lowest BCUT2D eigenvalue weighted by atomic mass is 9.81. The van der Waals surface area contributed by atoms with E-state index in [9.17, 15) is 0 Å². The number of benzene rings is 5. The van der Waals surface area contributed by atoms with Crippen LogP contribution in [0.3, 0.4) is 0 Å². The minimum Gasteiger partial charge on any atom is -0.455 e. The minimum absolute atomic E-state index is 0.185. The highest BCUT2D eigenvalue weighted by Gasteiger charge is 2.25. The largest absolute Gasteiger partial charge is 0.455 e. The van der Waals surface area contributed by atoms with Crippen molar-refractivity contribution in [2.75, 3.05) is 0 Å². The van der Waals surface area contributed by atoms with Gasteiger partial charge in [-0.2, -0.15) is 0 Å². The Morgan fingerprint density at radius 3 is 2.10 bits per heavy atom. The molecule has 8 rings (SSSR count). The Labute approximate surface area is 311 Å². The smallest absolute Gasteiger partial charge is 0.144 e. The van der Waals surface area contributed by atoms with Crippen LogP contribution in [0.2, 0.25) is 0 Å². The Kier molecular flexibility index (Phi) is 7.30. The van der Waals surface area contributed by atoms with Crippen molar-refractivity contribution in [3.63, 3.8) is 0 Å². The summed E-state index contributed by atoms with van der Waals surface area (Å²) in [5, 5.41) is 4.18. The molecule has 0 aliphatic heterocycles. The number of hydrogen-bond acceptors (Lipinski definition) is 3. The molecule has 262 valence electrons. The molecule has 0 radical (unpaired) electrons. The summed E-state index contributed by atoms with van der Waals surface area (Å²) in [6.45, 7) is 17.5. The predicted octanol–water partition coefficient (Wildman–Crippen LogP) is 13.9. The van der Waals surface area contributed by atoms with E-state index in [-0.39, 0.29) is 22.9 Å². The quantitative estimate of drug-likeness (QED) is 0.175. The number of rotatable bonds is 6. The number of aromatic nitrogens is 3. The molecular formula is C48H49N3O. The highest BCUT2D eigenvalue weighted by atomic mass is 16.3. The van der Waals surface area contributed by atoms with Gasteiger partial charge in [-0.15, -0.1) is 0 Å². The maximum atomic E-state index is 8.61. The first-order valence-electron chi connectivity index (χ1n) is 20.1. The fraction of sp³-hybridized carbons (Fsp3) is 0.292. The summed E-state index contributed by atoms with van der Waals surface area (Å²) in [4.78, 5) is 10.0. The molecule has 0 atom stereocenters. The van der Waals surface area contributed by atoms with E-state index in [2.05, 4.69) is 134 Å². The first kappa shape index (κ1) is 30.4. The van der Waals surface area contributed by atoms with E-state index < -0.39 is 6.85 Å². The first-order valence-corrected chi connectivity index (χ1v) is 18.6. The second-order valence-corrected chi connectivity index (χ2v) is 16.2. The molecule has 8 aromatic rings. The summed E-state index contributed by atoms with van der Waals surface area (Å²) in [7, 11) is 0. The molecule has 0 saturated heterocycles. The Balaban J connectivity index is 1.38. The zero-order chi connectivity index (χ0) is 39.1. The number of furan rings is 1. The van der Waals surface area contributed by atoms with Crippen LogP contribution in [0.5, 0.6) is 0 Å². The van der Waals surface area contributed by atoms with Crippen molar-refractivity contribution in [3.8, 4) is 33.8 Å². The van der Waals surface area contributed by atoms with Gasteiger partial charge in [0.05, 0.1) is 16.7 Å². The SMILES string of the molecule is [2H]C([2H])([2H])c1cnc(-c2cccc3c2oc2cc4c(ccc5nc(-c6ccccc6)n(C(C)(C)C)c54)cc23)cc1-c1c(C(C)C)cc(C(C)C)cc1C(C)C. The van der Waals surface area contributed by atoms with Crippen LogP contribution < -0.4 is 0 Å². The van der Waals surface area contributed by atoms with E-state index in [1.807, 2.05) is 24.3 Å². The minimum atomic E-state index is -2.35. The molecule has 0 amide bonds. The van der Waals surface area contributed by atoms with E-state index in [1.165, 1.54) is 5.56 Å². The average Bonchev–Trinajstić information content (AvgIpc) is 3.72. The van der Waals surface area contributed by atoms with Gasteiger partial charge < -0.3 is 8.98 Å². The number of imidazole rings is 1. The van der Waals surface area contributed by atoms with E-state index in [4.69, 9.17) is 18.5 Å². The molecule has 52 heavy (non-hydrogen) atoms. The van der Waals surface area contributed by atoms with Crippen LogP contribution in [0.25, 0.3) is 77.5 Å². The monoisotopic (exact) mass is 686 g/mol. The van der Waals surface area contributed by atoms with Crippen LogP contribution in [0.4, 0.5) is 0 Å². The highest BCUT2D eigenvalue weighted by molar-refractivity contribution is 6.17. The van der Waals surface area contributed by atoms with Crippen molar-refractivity contribution in [2.45, 2.75) is 92.5 Å². The lowest BCUT2D eigenvalue weighted by Gasteiger charge is -2.25. The summed E-state index contributed by atoms with van der Waals surface area (Å²) in [5.41, 5.74) is 11.4. The van der Waals surface area contributed by atoms with E-state index >= 15 is 0 Å². The van der Waals surface area contributed by atoms with Crippen molar-refractivity contribution in [2.24, 2.45) is 0 Å². The molecule has 0 spiro atoms. The lowest BCUT2D eigenvalue weighted by molar-refractivity contribution is 0.413. The number of para-hydroxylation sites is 1. The molecule has 4 heteroatoms. The topological polar surface area (TPSA) is 43.9 Å². The van der Waals surface area contributed by atoms with Crippen molar-refractivity contribution in [3.05, 3.63) is 119 Å². The summed E-state index contributed by atoms with van der Waals surface area (Å²) in [5.74, 6) is 1.65. The molecule has 5 aromatic carbocycles. The van der Waals surface area contributed by atoms with Crippen LogP contribution >= 0.6 is 0 Å². The summed E-state index contributed by atoms with van der Waals surface area (Å²) >= 11 is 0. The second-order valence-electron chi connectivity index (χ2n) is 16.2. The number of hydrogen-bond donors (Lipinski definition) is 0. The highest BCUT2D eigenvalue weighted by Crippen LogP contribution is 2.44. The maximum absolute atomic E-state index is 8.61.